The van der Waals surface area contributed by atoms with Gasteiger partial charge in [0.2, 0.25) is 5.91 Å². The lowest BCUT2D eigenvalue weighted by Gasteiger charge is -2.13. The lowest BCUT2D eigenvalue weighted by Crippen LogP contribution is -2.44. The second-order valence-electron chi connectivity index (χ2n) is 5.94. The van der Waals surface area contributed by atoms with E-state index in [4.69, 9.17) is 5.11 Å². The number of aliphatic hydroxyl groups is 1. The first-order valence-corrected chi connectivity index (χ1v) is 8.35. The average Bonchev–Trinajstić information content (AvgIpc) is 2.64. The molecule has 7 nitrogen and oxygen atoms in total. The number of allylic oxidation sites excluding steroid dienone is 1. The lowest BCUT2D eigenvalue weighted by atomic mass is 10.1. The van der Waals surface area contributed by atoms with Crippen LogP contribution >= 0.6 is 0 Å². The van der Waals surface area contributed by atoms with Crippen molar-refractivity contribution in [2.45, 2.75) is 25.3 Å². The largest absolute Gasteiger partial charge is 0.467 e. The van der Waals surface area contributed by atoms with E-state index in [0.717, 1.165) is 18.4 Å². The van der Waals surface area contributed by atoms with Crippen LogP contribution in [-0.4, -0.2) is 61.6 Å². The number of aliphatic hydroxyl groups excluding tert-OH is 1. The smallest absolute Gasteiger partial charge is 0.330 e. The van der Waals surface area contributed by atoms with Gasteiger partial charge in [0.25, 0.3) is 5.91 Å². The van der Waals surface area contributed by atoms with Crippen LogP contribution in [0.1, 0.15) is 35.2 Å². The van der Waals surface area contributed by atoms with Crippen molar-refractivity contribution in [3.8, 4) is 0 Å². The van der Waals surface area contributed by atoms with Crippen LogP contribution in [0.2, 0.25) is 0 Å². The van der Waals surface area contributed by atoms with Gasteiger partial charge in [-0.1, -0.05) is 24.3 Å². The van der Waals surface area contributed by atoms with Gasteiger partial charge in [0.1, 0.15) is 0 Å². The molecule has 0 unspecified atom stereocenters. The van der Waals surface area contributed by atoms with Crippen LogP contribution in [0.3, 0.4) is 0 Å². The summed E-state index contributed by atoms with van der Waals surface area (Å²) in [5, 5.41) is 11.6. The molecule has 1 aromatic rings. The minimum atomic E-state index is -1.10. The molecule has 0 aliphatic rings. The zero-order chi connectivity index (χ0) is 19.5. The van der Waals surface area contributed by atoms with E-state index < -0.39 is 24.5 Å². The molecule has 0 aliphatic heterocycles. The van der Waals surface area contributed by atoms with Gasteiger partial charge in [-0.2, -0.15) is 0 Å². The van der Waals surface area contributed by atoms with E-state index in [1.165, 1.54) is 7.11 Å². The molecular formula is C19H26N2O5. The highest BCUT2D eigenvalue weighted by atomic mass is 16.5. The highest BCUT2D eigenvalue weighted by molar-refractivity contribution is 5.97. The Morgan fingerprint density at radius 2 is 2.04 bits per heavy atom. The molecule has 0 fully saturated rings. The summed E-state index contributed by atoms with van der Waals surface area (Å²) in [5.74, 6) is -1.08. The van der Waals surface area contributed by atoms with Crippen molar-refractivity contribution in [1.82, 2.24) is 10.2 Å². The molecule has 0 heterocycles. The van der Waals surface area contributed by atoms with Gasteiger partial charge in [-0.15, -0.1) is 0 Å². The third-order valence-electron chi connectivity index (χ3n) is 3.69. The van der Waals surface area contributed by atoms with Crippen molar-refractivity contribution in [3.63, 3.8) is 0 Å². The Hall–Kier alpha value is -2.67. The fraction of sp³-hybridized carbons (Fsp3) is 0.421. The fourth-order valence-electron chi connectivity index (χ4n) is 2.16. The molecule has 1 rings (SSSR count). The van der Waals surface area contributed by atoms with Gasteiger partial charge in [-0.05, 0) is 30.5 Å². The SMILES string of the molecule is COC(=O)[C@@H](CO)NC(=O)c1cccc(C=CCCCC(=O)N(C)C)c1. The summed E-state index contributed by atoms with van der Waals surface area (Å²) < 4.78 is 4.52. The Morgan fingerprint density at radius 1 is 1.31 bits per heavy atom. The molecule has 142 valence electrons. The van der Waals surface area contributed by atoms with Gasteiger partial charge in [0, 0.05) is 26.1 Å². The second-order valence-corrected chi connectivity index (χ2v) is 5.94. The van der Waals surface area contributed by atoms with Gasteiger partial charge in [-0.3, -0.25) is 9.59 Å². The molecular weight excluding hydrogens is 336 g/mol. The highest BCUT2D eigenvalue weighted by Crippen LogP contribution is 2.09. The molecule has 1 aromatic carbocycles. The number of unbranched alkanes of at least 4 members (excludes halogenated alkanes) is 1. The first-order chi connectivity index (χ1) is 12.4. The van der Waals surface area contributed by atoms with Crippen LogP contribution in [0.15, 0.2) is 30.3 Å². The lowest BCUT2D eigenvalue weighted by molar-refractivity contribution is -0.143. The van der Waals surface area contributed by atoms with Crippen molar-refractivity contribution in [2.24, 2.45) is 0 Å². The van der Waals surface area contributed by atoms with Crippen LogP contribution in [0.25, 0.3) is 6.08 Å². The summed E-state index contributed by atoms with van der Waals surface area (Å²) >= 11 is 0. The number of ether oxygens (including phenoxy) is 1. The topological polar surface area (TPSA) is 95.9 Å². The highest BCUT2D eigenvalue weighted by Gasteiger charge is 2.21. The van der Waals surface area contributed by atoms with Crippen molar-refractivity contribution < 1.29 is 24.2 Å². The zero-order valence-electron chi connectivity index (χ0n) is 15.4. The maximum atomic E-state index is 12.2. The Bertz CT molecular complexity index is 655. The van der Waals surface area contributed by atoms with E-state index in [-0.39, 0.29) is 5.91 Å². The number of nitrogens with zero attached hydrogens (tertiary/aromatic N) is 1. The number of hydrogen-bond acceptors (Lipinski definition) is 5. The van der Waals surface area contributed by atoms with Crippen LogP contribution in [0, 0.1) is 0 Å². The quantitative estimate of drug-likeness (QED) is 0.509. The van der Waals surface area contributed by atoms with Crippen molar-refractivity contribution in [1.29, 1.82) is 0 Å². The average molecular weight is 362 g/mol. The number of benzene rings is 1. The van der Waals surface area contributed by atoms with Crippen LogP contribution in [0.4, 0.5) is 0 Å². The molecule has 7 heteroatoms. The third-order valence-corrected chi connectivity index (χ3v) is 3.69. The number of esters is 1. The third kappa shape index (κ3) is 7.06. The van der Waals surface area contributed by atoms with E-state index in [9.17, 15) is 14.4 Å². The normalized spacial score (nSPS) is 11.8. The number of amides is 2. The molecule has 0 radical (unpaired) electrons. The zero-order valence-corrected chi connectivity index (χ0v) is 15.4. The molecule has 0 aromatic heterocycles. The van der Waals surface area contributed by atoms with Gasteiger partial charge in [-0.25, -0.2) is 4.79 Å². The molecule has 2 amide bonds. The summed E-state index contributed by atoms with van der Waals surface area (Å²) in [6.07, 6.45) is 5.83. The van der Waals surface area contributed by atoms with E-state index >= 15 is 0 Å². The predicted octanol–water partition coefficient (Wildman–Crippen LogP) is 1.22. The fourth-order valence-corrected chi connectivity index (χ4v) is 2.16. The predicted molar refractivity (Wildman–Crippen MR) is 98.4 cm³/mol. The maximum absolute atomic E-state index is 12.2. The molecule has 0 spiro atoms. The Kier molecular flexibility index (Phi) is 9.08. The van der Waals surface area contributed by atoms with Gasteiger partial charge < -0.3 is 20.1 Å². The van der Waals surface area contributed by atoms with Crippen molar-refractivity contribution >= 4 is 23.9 Å². The molecule has 0 saturated carbocycles. The van der Waals surface area contributed by atoms with Crippen LogP contribution < -0.4 is 5.32 Å². The second kappa shape index (κ2) is 11.0. The Morgan fingerprint density at radius 3 is 2.65 bits per heavy atom. The minimum Gasteiger partial charge on any atom is -0.467 e. The summed E-state index contributed by atoms with van der Waals surface area (Å²) in [5.41, 5.74) is 1.20. The van der Waals surface area contributed by atoms with E-state index in [1.54, 1.807) is 37.2 Å². The summed E-state index contributed by atoms with van der Waals surface area (Å²) in [6.45, 7) is -0.538. The molecule has 0 aliphatic carbocycles. The molecule has 26 heavy (non-hydrogen) atoms. The van der Waals surface area contributed by atoms with Gasteiger partial charge in [0.15, 0.2) is 6.04 Å². The molecule has 1 atom stereocenters. The first-order valence-electron chi connectivity index (χ1n) is 8.35. The van der Waals surface area contributed by atoms with Crippen LogP contribution in [0.5, 0.6) is 0 Å². The van der Waals surface area contributed by atoms with Gasteiger partial charge in [0.05, 0.1) is 13.7 Å². The number of nitrogens with one attached hydrogen (secondary N) is 1. The summed E-state index contributed by atoms with van der Waals surface area (Å²) in [7, 11) is 4.65. The van der Waals surface area contributed by atoms with Crippen LogP contribution in [-0.2, 0) is 14.3 Å². The van der Waals surface area contributed by atoms with Crippen molar-refractivity contribution in [3.05, 3.63) is 41.5 Å². The standard InChI is InChI=1S/C19H26N2O5/c1-21(2)17(23)11-6-4-5-8-14-9-7-10-15(12-14)18(24)20-16(13-22)19(25)26-3/h5,7-10,12,16,22H,4,6,11,13H2,1-3H3,(H,20,24)/t16-/m1/s1. The Balaban J connectivity index is 2.61. The van der Waals surface area contributed by atoms with Gasteiger partial charge >= 0.3 is 5.97 Å². The number of hydrogen-bond donors (Lipinski definition) is 2. The molecule has 0 bridgehead atoms. The van der Waals surface area contributed by atoms with Crippen molar-refractivity contribution in [2.75, 3.05) is 27.8 Å². The van der Waals surface area contributed by atoms with E-state index in [0.29, 0.717) is 12.0 Å². The number of carbonyl (C=O) groups excluding carboxylic acids is 3. The molecule has 2 N–H and O–H groups in total. The Labute approximate surface area is 153 Å². The molecule has 0 saturated heterocycles. The number of carbonyl (C=O) groups is 3. The number of methoxy groups -OCH3 is 1. The van der Waals surface area contributed by atoms with E-state index in [2.05, 4.69) is 10.1 Å². The van der Waals surface area contributed by atoms with E-state index in [1.807, 2.05) is 18.2 Å². The minimum absolute atomic E-state index is 0.0983. The summed E-state index contributed by atoms with van der Waals surface area (Å²) in [6, 6.07) is 5.79. The maximum Gasteiger partial charge on any atom is 0.330 e. The number of rotatable bonds is 9. The monoisotopic (exact) mass is 362 g/mol. The first kappa shape index (κ1) is 21.4. The summed E-state index contributed by atoms with van der Waals surface area (Å²) in [4.78, 5) is 36.7.